The quantitative estimate of drug-likeness (QED) is 0.480. The number of hydrogen-bond acceptors (Lipinski definition) is 3. The first-order valence-electron chi connectivity index (χ1n) is 1.96. The van der Waals surface area contributed by atoms with Crippen molar-refractivity contribution in [2.75, 3.05) is 0 Å². The van der Waals surface area contributed by atoms with Crippen LogP contribution in [0.2, 0.25) is 0 Å². The topological polar surface area (TPSA) is 55.8 Å². The molecular formula is C3H5O4Sb. The molecule has 0 spiro atoms. The molecule has 1 rings (SSSR count). The van der Waals surface area contributed by atoms with Crippen LogP contribution in [-0.4, -0.2) is 29.7 Å². The molecule has 46 valence electrons. The van der Waals surface area contributed by atoms with Gasteiger partial charge in [0.25, 0.3) is 0 Å². The van der Waals surface area contributed by atoms with E-state index in [9.17, 15) is 3.02 Å². The molecule has 0 aromatic carbocycles. The van der Waals surface area contributed by atoms with Crippen LogP contribution in [0.3, 0.4) is 0 Å². The molecule has 1 aliphatic rings. The van der Waals surface area contributed by atoms with Gasteiger partial charge in [-0.1, -0.05) is 0 Å². The number of rotatable bonds is 1. The van der Waals surface area contributed by atoms with Crippen molar-refractivity contribution in [3.63, 3.8) is 0 Å². The summed E-state index contributed by atoms with van der Waals surface area (Å²) in [7, 11) is 0. The third kappa shape index (κ3) is 1.14. The average molecular weight is 227 g/mol. The van der Waals surface area contributed by atoms with Gasteiger partial charge < -0.3 is 0 Å². The summed E-state index contributed by atoms with van der Waals surface area (Å²) in [5.41, 5.74) is 0. The molecule has 0 aliphatic carbocycles. The van der Waals surface area contributed by atoms with E-state index in [1.807, 2.05) is 0 Å². The van der Waals surface area contributed by atoms with Crippen LogP contribution in [-0.2, 0) is 9.05 Å². The molecule has 0 radical (unpaired) electrons. The van der Waals surface area contributed by atoms with Gasteiger partial charge in [0.2, 0.25) is 0 Å². The van der Waals surface area contributed by atoms with E-state index in [0.717, 1.165) is 0 Å². The second-order valence-electron chi connectivity index (χ2n) is 1.28. The molecule has 1 N–H and O–H groups in total. The first-order chi connectivity index (χ1) is 3.64. The summed E-state index contributed by atoms with van der Waals surface area (Å²) >= 11 is -4.40. The van der Waals surface area contributed by atoms with Crippen molar-refractivity contribution in [1.29, 1.82) is 0 Å². The Bertz CT molecular complexity index is 143. The van der Waals surface area contributed by atoms with Gasteiger partial charge in [-0.2, -0.15) is 0 Å². The van der Waals surface area contributed by atoms with Gasteiger partial charge in [-0.25, -0.2) is 0 Å². The Kier molecular flexibility index (Phi) is 1.50. The molecule has 0 aromatic heterocycles. The minimum atomic E-state index is -4.40. The molecule has 0 bridgehead atoms. The summed E-state index contributed by atoms with van der Waals surface area (Å²) in [4.78, 5) is 0. The fraction of sp³-hybridized carbons (Fsp3) is 0.333. The van der Waals surface area contributed by atoms with Gasteiger partial charge in [0.05, 0.1) is 0 Å². The van der Waals surface area contributed by atoms with Crippen molar-refractivity contribution in [2.24, 2.45) is 0 Å². The Hall–Kier alpha value is 0.238. The van der Waals surface area contributed by atoms with Crippen LogP contribution in [0.4, 0.5) is 0 Å². The van der Waals surface area contributed by atoms with Crippen LogP contribution in [0.5, 0.6) is 0 Å². The fourth-order valence-electron chi connectivity index (χ4n) is 0.357. The monoisotopic (exact) mass is 226 g/mol. The Labute approximate surface area is 51.8 Å². The molecule has 1 saturated heterocycles. The van der Waals surface area contributed by atoms with Gasteiger partial charge in [-0.15, -0.1) is 0 Å². The molecule has 0 amide bonds. The maximum atomic E-state index is 10.2. The Balaban J connectivity index is 2.42. The van der Waals surface area contributed by atoms with Crippen molar-refractivity contribution in [3.05, 3.63) is 12.7 Å². The summed E-state index contributed by atoms with van der Waals surface area (Å²) in [5.74, 6) is 0. The standard InChI is InChI=1S/C3H4O2.H2O.O.Sb/c1-2-3(4)5;;;/h2-3H,1H2;1H2;;/q-2;;;+3/p-1. The summed E-state index contributed by atoms with van der Waals surface area (Å²) in [6.07, 6.45) is 0.671. The molecule has 0 unspecified atom stereocenters. The van der Waals surface area contributed by atoms with Crippen LogP contribution >= 0.6 is 0 Å². The summed E-state index contributed by atoms with van der Waals surface area (Å²) in [5, 5.41) is 0. The van der Waals surface area contributed by atoms with Gasteiger partial charge in [-0.3, -0.25) is 0 Å². The van der Waals surface area contributed by atoms with E-state index < -0.39 is 26.3 Å². The third-order valence-electron chi connectivity index (χ3n) is 0.667. The molecule has 0 saturated carbocycles. The predicted octanol–water partition coefficient (Wildman–Crippen LogP) is -0.596. The zero-order valence-corrected chi connectivity index (χ0v) is 6.53. The molecule has 4 nitrogen and oxygen atoms in total. The average Bonchev–Trinajstić information content (AvgIpc) is 1.60. The Morgan fingerprint density at radius 2 is 2.25 bits per heavy atom. The summed E-state index contributed by atoms with van der Waals surface area (Å²) in [6.45, 7) is 3.28. The summed E-state index contributed by atoms with van der Waals surface area (Å²) in [6, 6.07) is 0. The van der Waals surface area contributed by atoms with E-state index in [0.29, 0.717) is 0 Å². The van der Waals surface area contributed by atoms with Gasteiger partial charge in [0.1, 0.15) is 0 Å². The van der Waals surface area contributed by atoms with E-state index >= 15 is 0 Å². The van der Waals surface area contributed by atoms with Gasteiger partial charge >= 0.3 is 51.4 Å². The molecule has 0 aromatic rings. The van der Waals surface area contributed by atoms with Crippen LogP contribution in [0.1, 0.15) is 0 Å². The zero-order valence-electron chi connectivity index (χ0n) is 3.98. The Morgan fingerprint density at radius 1 is 1.75 bits per heavy atom. The molecule has 1 fully saturated rings. The molecule has 1 heterocycles. The van der Waals surface area contributed by atoms with Crippen molar-refractivity contribution >= 4 is 20.1 Å². The van der Waals surface area contributed by atoms with Crippen molar-refractivity contribution in [2.45, 2.75) is 6.29 Å². The third-order valence-corrected chi connectivity index (χ3v) is 3.37. The number of hydrogen-bond donors (Lipinski definition) is 1. The second kappa shape index (κ2) is 1.88. The van der Waals surface area contributed by atoms with E-state index in [1.54, 1.807) is 0 Å². The molecule has 8 heavy (non-hydrogen) atoms. The van der Waals surface area contributed by atoms with Crippen LogP contribution in [0.15, 0.2) is 12.7 Å². The first kappa shape index (κ1) is 6.36. The second-order valence-corrected chi connectivity index (χ2v) is 5.16. The molecular weight excluding hydrogens is 222 g/mol. The van der Waals surface area contributed by atoms with Crippen molar-refractivity contribution < 1.29 is 12.4 Å². The molecule has 0 atom stereocenters. The molecule has 1 aliphatic heterocycles. The van der Waals surface area contributed by atoms with E-state index in [1.165, 1.54) is 6.08 Å². The van der Waals surface area contributed by atoms with Gasteiger partial charge in [0, 0.05) is 0 Å². The molecule has 5 heteroatoms. The predicted molar refractivity (Wildman–Crippen MR) is 24.8 cm³/mol. The SMILES string of the molecule is C=CC1[O][Sb](=[O])([OH])[O]1. The van der Waals surface area contributed by atoms with Gasteiger partial charge in [0.15, 0.2) is 0 Å². The Morgan fingerprint density at radius 3 is 2.38 bits per heavy atom. The van der Waals surface area contributed by atoms with E-state index in [2.05, 4.69) is 12.6 Å². The first-order valence-corrected chi connectivity index (χ1v) is 6.23. The van der Waals surface area contributed by atoms with E-state index in [4.69, 9.17) is 3.39 Å². The zero-order chi connectivity index (χ0) is 6.20. The summed E-state index contributed by atoms with van der Waals surface area (Å²) < 4.78 is 27.2. The van der Waals surface area contributed by atoms with E-state index in [-0.39, 0.29) is 0 Å². The minimum absolute atomic E-state index is 0.650. The van der Waals surface area contributed by atoms with Crippen molar-refractivity contribution in [3.8, 4) is 0 Å². The van der Waals surface area contributed by atoms with Crippen LogP contribution in [0, 0.1) is 0 Å². The van der Waals surface area contributed by atoms with Crippen LogP contribution in [0.25, 0.3) is 0 Å². The van der Waals surface area contributed by atoms with Gasteiger partial charge in [-0.05, 0) is 0 Å². The fourth-order valence-corrected chi connectivity index (χ4v) is 2.39. The normalized spacial score (nSPS) is 45.4. The van der Waals surface area contributed by atoms with Crippen LogP contribution < -0.4 is 0 Å². The maximum absolute atomic E-state index is 10.2. The van der Waals surface area contributed by atoms with Crippen molar-refractivity contribution in [1.82, 2.24) is 0 Å².